The van der Waals surface area contributed by atoms with Gasteiger partial charge in [-0.3, -0.25) is 10.1 Å². The van der Waals surface area contributed by atoms with Gasteiger partial charge in [0.1, 0.15) is 5.69 Å². The van der Waals surface area contributed by atoms with Gasteiger partial charge in [0.05, 0.1) is 10.5 Å². The molecule has 2 aromatic rings. The second kappa shape index (κ2) is 5.95. The van der Waals surface area contributed by atoms with Crippen LogP contribution >= 0.6 is 0 Å². The highest BCUT2D eigenvalue weighted by molar-refractivity contribution is 5.82. The van der Waals surface area contributed by atoms with Crippen molar-refractivity contribution in [3.8, 4) is 11.1 Å². The Morgan fingerprint density at radius 2 is 1.62 bits per heavy atom. The van der Waals surface area contributed by atoms with Gasteiger partial charge >= 0.3 is 0 Å². The van der Waals surface area contributed by atoms with Crippen molar-refractivity contribution in [2.24, 2.45) is 0 Å². The first-order valence-corrected chi connectivity index (χ1v) is 7.35. The minimum atomic E-state index is -0.244. The zero-order valence-corrected chi connectivity index (χ0v) is 11.9. The third-order valence-corrected chi connectivity index (χ3v) is 3.98. The summed E-state index contributed by atoms with van der Waals surface area (Å²) in [6, 6.07) is 15.2. The van der Waals surface area contributed by atoms with Gasteiger partial charge in [-0.25, -0.2) is 0 Å². The highest BCUT2D eigenvalue weighted by Crippen LogP contribution is 2.38. The highest BCUT2D eigenvalue weighted by atomic mass is 16.6. The van der Waals surface area contributed by atoms with Crippen molar-refractivity contribution in [3.63, 3.8) is 0 Å². The molecular formula is C17H18N2O2. The molecule has 0 aromatic heterocycles. The third-order valence-electron chi connectivity index (χ3n) is 3.98. The van der Waals surface area contributed by atoms with Crippen LogP contribution in [0.5, 0.6) is 0 Å². The van der Waals surface area contributed by atoms with Gasteiger partial charge in [-0.05, 0) is 37.0 Å². The van der Waals surface area contributed by atoms with Gasteiger partial charge in [0.25, 0.3) is 5.69 Å². The van der Waals surface area contributed by atoms with Crippen LogP contribution in [0, 0.1) is 10.1 Å². The molecule has 1 fully saturated rings. The van der Waals surface area contributed by atoms with Crippen molar-refractivity contribution in [1.82, 2.24) is 0 Å². The van der Waals surface area contributed by atoms with Gasteiger partial charge in [0.2, 0.25) is 0 Å². The van der Waals surface area contributed by atoms with Gasteiger partial charge < -0.3 is 4.90 Å². The van der Waals surface area contributed by atoms with E-state index in [0.29, 0.717) is 5.56 Å². The number of piperidine rings is 1. The van der Waals surface area contributed by atoms with E-state index in [-0.39, 0.29) is 10.6 Å². The van der Waals surface area contributed by atoms with E-state index in [0.717, 1.165) is 37.2 Å². The molecule has 0 atom stereocenters. The Morgan fingerprint density at radius 3 is 2.29 bits per heavy atom. The number of nitro benzene ring substituents is 1. The average Bonchev–Trinajstić information content (AvgIpc) is 2.55. The molecule has 2 aromatic carbocycles. The van der Waals surface area contributed by atoms with Crippen molar-refractivity contribution in [1.29, 1.82) is 0 Å². The van der Waals surface area contributed by atoms with E-state index in [2.05, 4.69) is 4.90 Å². The van der Waals surface area contributed by atoms with E-state index in [9.17, 15) is 10.1 Å². The monoisotopic (exact) mass is 282 g/mol. The first-order valence-electron chi connectivity index (χ1n) is 7.35. The maximum Gasteiger partial charge on any atom is 0.300 e. The van der Waals surface area contributed by atoms with E-state index in [1.165, 1.54) is 6.42 Å². The van der Waals surface area contributed by atoms with Gasteiger partial charge in [-0.2, -0.15) is 0 Å². The summed E-state index contributed by atoms with van der Waals surface area (Å²) in [6.07, 6.45) is 3.42. The number of anilines is 1. The lowest BCUT2D eigenvalue weighted by Gasteiger charge is -2.28. The van der Waals surface area contributed by atoms with Crippen LogP contribution in [-0.4, -0.2) is 18.0 Å². The maximum absolute atomic E-state index is 11.6. The summed E-state index contributed by atoms with van der Waals surface area (Å²) in [7, 11) is 0. The van der Waals surface area contributed by atoms with Crippen LogP contribution in [0.2, 0.25) is 0 Å². The number of para-hydroxylation sites is 1. The van der Waals surface area contributed by atoms with Crippen LogP contribution < -0.4 is 4.90 Å². The van der Waals surface area contributed by atoms with Crippen molar-refractivity contribution in [3.05, 3.63) is 58.6 Å². The molecule has 0 aliphatic carbocycles. The lowest BCUT2D eigenvalue weighted by atomic mass is 10.0. The predicted molar refractivity (Wildman–Crippen MR) is 84.6 cm³/mol. The van der Waals surface area contributed by atoms with E-state index in [4.69, 9.17) is 0 Å². The smallest absolute Gasteiger partial charge is 0.300 e. The first-order chi connectivity index (χ1) is 10.3. The summed E-state index contributed by atoms with van der Waals surface area (Å²) in [4.78, 5) is 13.5. The Hall–Kier alpha value is -2.36. The molecule has 0 spiro atoms. The van der Waals surface area contributed by atoms with E-state index < -0.39 is 0 Å². The number of hydrogen-bond donors (Lipinski definition) is 0. The molecule has 1 heterocycles. The Balaban J connectivity index is 2.11. The summed E-state index contributed by atoms with van der Waals surface area (Å²) in [5.74, 6) is 0. The normalized spacial score (nSPS) is 15.0. The molecule has 108 valence electrons. The van der Waals surface area contributed by atoms with Crippen LogP contribution in [0.25, 0.3) is 11.1 Å². The minimum Gasteiger partial charge on any atom is -0.366 e. The lowest BCUT2D eigenvalue weighted by Crippen LogP contribution is -2.30. The van der Waals surface area contributed by atoms with Crippen LogP contribution in [0.3, 0.4) is 0 Å². The quantitative estimate of drug-likeness (QED) is 0.624. The molecule has 4 nitrogen and oxygen atoms in total. The number of benzene rings is 2. The standard InChI is InChI=1S/C17H18N2O2/c20-19(21)17-15(14-8-3-1-4-9-14)10-7-11-16(17)18-12-5-2-6-13-18/h1,3-4,7-11H,2,5-6,12-13H2. The van der Waals surface area contributed by atoms with Crippen molar-refractivity contribution in [2.45, 2.75) is 19.3 Å². The van der Waals surface area contributed by atoms with Gasteiger partial charge in [0, 0.05) is 13.1 Å². The number of hydrogen-bond acceptors (Lipinski definition) is 3. The average molecular weight is 282 g/mol. The van der Waals surface area contributed by atoms with E-state index >= 15 is 0 Å². The largest absolute Gasteiger partial charge is 0.366 e. The third kappa shape index (κ3) is 2.75. The van der Waals surface area contributed by atoms with E-state index in [1.54, 1.807) is 0 Å². The van der Waals surface area contributed by atoms with Gasteiger partial charge in [-0.15, -0.1) is 0 Å². The summed E-state index contributed by atoms with van der Waals surface area (Å²) < 4.78 is 0. The summed E-state index contributed by atoms with van der Waals surface area (Å²) in [6.45, 7) is 1.80. The molecule has 3 rings (SSSR count). The zero-order chi connectivity index (χ0) is 14.7. The maximum atomic E-state index is 11.6. The van der Waals surface area contributed by atoms with Crippen LogP contribution in [0.15, 0.2) is 48.5 Å². The Bertz CT molecular complexity index is 634. The predicted octanol–water partition coefficient (Wildman–Crippen LogP) is 4.25. The fourth-order valence-corrected chi connectivity index (χ4v) is 2.96. The molecular weight excluding hydrogens is 264 g/mol. The number of nitro groups is 1. The van der Waals surface area contributed by atoms with Gasteiger partial charge in [0.15, 0.2) is 0 Å². The molecule has 0 amide bonds. The molecule has 0 radical (unpaired) electrons. The second-order valence-electron chi connectivity index (χ2n) is 5.34. The topological polar surface area (TPSA) is 46.4 Å². The Labute approximate surface area is 124 Å². The van der Waals surface area contributed by atoms with Gasteiger partial charge in [-0.1, -0.05) is 36.4 Å². The second-order valence-corrected chi connectivity index (χ2v) is 5.34. The van der Waals surface area contributed by atoms with Crippen molar-refractivity contribution < 1.29 is 4.92 Å². The molecule has 1 aliphatic rings. The van der Waals surface area contributed by atoms with Crippen molar-refractivity contribution in [2.75, 3.05) is 18.0 Å². The molecule has 1 aliphatic heterocycles. The fraction of sp³-hybridized carbons (Fsp3) is 0.294. The summed E-state index contributed by atoms with van der Waals surface area (Å²) in [5.41, 5.74) is 2.57. The molecule has 21 heavy (non-hydrogen) atoms. The summed E-state index contributed by atoms with van der Waals surface area (Å²) >= 11 is 0. The molecule has 0 N–H and O–H groups in total. The number of rotatable bonds is 3. The lowest BCUT2D eigenvalue weighted by molar-refractivity contribution is -0.383. The van der Waals surface area contributed by atoms with Crippen LogP contribution in [0.1, 0.15) is 19.3 Å². The first kappa shape index (κ1) is 13.6. The molecule has 0 bridgehead atoms. The van der Waals surface area contributed by atoms with Crippen LogP contribution in [-0.2, 0) is 0 Å². The van der Waals surface area contributed by atoms with Crippen LogP contribution in [0.4, 0.5) is 11.4 Å². The molecule has 0 saturated carbocycles. The SMILES string of the molecule is O=[N+]([O-])c1c(-c2ccccc2)cccc1N1CCCCC1. The number of nitrogens with zero attached hydrogens (tertiary/aromatic N) is 2. The van der Waals surface area contributed by atoms with Crippen molar-refractivity contribution >= 4 is 11.4 Å². The zero-order valence-electron chi connectivity index (χ0n) is 11.9. The molecule has 1 saturated heterocycles. The molecule has 4 heteroatoms. The molecule has 0 unspecified atom stereocenters. The minimum absolute atomic E-state index is 0.227. The Kier molecular flexibility index (Phi) is 3.86. The summed E-state index contributed by atoms with van der Waals surface area (Å²) in [5, 5.41) is 11.6. The van der Waals surface area contributed by atoms with E-state index in [1.807, 2.05) is 48.5 Å². The highest BCUT2D eigenvalue weighted by Gasteiger charge is 2.25. The Morgan fingerprint density at radius 1 is 0.905 bits per heavy atom. The fourth-order valence-electron chi connectivity index (χ4n) is 2.96.